The van der Waals surface area contributed by atoms with E-state index in [1.165, 1.54) is 13.0 Å². The van der Waals surface area contributed by atoms with Gasteiger partial charge in [-0.1, -0.05) is 11.6 Å². The molecule has 0 amide bonds. The lowest BCUT2D eigenvalue weighted by Crippen LogP contribution is -2.24. The van der Waals surface area contributed by atoms with Crippen LogP contribution in [0.2, 0.25) is 5.02 Å². The van der Waals surface area contributed by atoms with E-state index >= 15 is 0 Å². The summed E-state index contributed by atoms with van der Waals surface area (Å²) in [6.07, 6.45) is 0. The van der Waals surface area contributed by atoms with Crippen LogP contribution in [0.3, 0.4) is 0 Å². The highest BCUT2D eigenvalue weighted by atomic mass is 35.5. The van der Waals surface area contributed by atoms with E-state index in [1.807, 2.05) is 0 Å². The van der Waals surface area contributed by atoms with Crippen molar-refractivity contribution in [1.29, 1.82) is 0 Å². The summed E-state index contributed by atoms with van der Waals surface area (Å²) in [5.41, 5.74) is -1.81. The maximum atomic E-state index is 13.2. The van der Waals surface area contributed by atoms with Crippen molar-refractivity contribution in [2.24, 2.45) is 0 Å². The Morgan fingerprint density at radius 1 is 0.947 bits per heavy atom. The second-order valence-electron chi connectivity index (χ2n) is 4.35. The Kier molecular flexibility index (Phi) is 3.56. The van der Waals surface area contributed by atoms with Gasteiger partial charge in [0.25, 0.3) is 0 Å². The number of benzene rings is 2. The number of hydrogen-bond donors (Lipinski definition) is 1. The molecule has 1 atom stereocenters. The van der Waals surface area contributed by atoms with Crippen LogP contribution in [0.5, 0.6) is 0 Å². The molecule has 0 bridgehead atoms. The van der Waals surface area contributed by atoms with Crippen LogP contribution < -0.4 is 0 Å². The Morgan fingerprint density at radius 3 is 2.11 bits per heavy atom. The smallest absolute Gasteiger partial charge is 0.126 e. The van der Waals surface area contributed by atoms with E-state index in [4.69, 9.17) is 11.6 Å². The lowest BCUT2D eigenvalue weighted by atomic mass is 9.88. The Labute approximate surface area is 113 Å². The Hall–Kier alpha value is -1.52. The number of aliphatic hydroxyl groups is 1. The molecule has 2 aromatic carbocycles. The topological polar surface area (TPSA) is 20.2 Å². The quantitative estimate of drug-likeness (QED) is 0.884. The van der Waals surface area contributed by atoms with Gasteiger partial charge in [-0.05, 0) is 42.8 Å². The van der Waals surface area contributed by atoms with Crippen molar-refractivity contribution in [3.63, 3.8) is 0 Å². The maximum absolute atomic E-state index is 13.2. The molecule has 19 heavy (non-hydrogen) atoms. The molecule has 1 nitrogen and oxygen atoms in total. The Balaban J connectivity index is 2.60. The fourth-order valence-electron chi connectivity index (χ4n) is 1.86. The normalized spacial score (nSPS) is 14.2. The van der Waals surface area contributed by atoms with Crippen molar-refractivity contribution >= 4 is 11.6 Å². The van der Waals surface area contributed by atoms with E-state index < -0.39 is 23.1 Å². The summed E-state index contributed by atoms with van der Waals surface area (Å²) in [7, 11) is 0. The summed E-state index contributed by atoms with van der Waals surface area (Å²) >= 11 is 5.90. The van der Waals surface area contributed by atoms with Crippen LogP contribution in [0.15, 0.2) is 36.4 Å². The van der Waals surface area contributed by atoms with E-state index in [0.29, 0.717) is 6.07 Å². The van der Waals surface area contributed by atoms with Crippen LogP contribution in [0.1, 0.15) is 18.1 Å². The molecular formula is C14H10ClF3O. The van der Waals surface area contributed by atoms with Crippen molar-refractivity contribution in [2.75, 3.05) is 0 Å². The maximum Gasteiger partial charge on any atom is 0.126 e. The third-order valence-corrected chi connectivity index (χ3v) is 3.21. The van der Waals surface area contributed by atoms with Crippen molar-refractivity contribution in [1.82, 2.24) is 0 Å². The second-order valence-corrected chi connectivity index (χ2v) is 4.76. The summed E-state index contributed by atoms with van der Waals surface area (Å²) in [6.45, 7) is 1.29. The molecule has 0 fully saturated rings. The summed E-state index contributed by atoms with van der Waals surface area (Å²) < 4.78 is 39.6. The van der Waals surface area contributed by atoms with Gasteiger partial charge in [0.05, 0.1) is 0 Å². The standard InChI is InChI=1S/C14H10ClF3O/c1-14(19,8-4-10(17)6-11(18)5-8)12-7-9(16)2-3-13(12)15/h2-7,19H,1H3. The molecule has 100 valence electrons. The number of hydrogen-bond acceptors (Lipinski definition) is 1. The number of rotatable bonds is 2. The average molecular weight is 287 g/mol. The van der Waals surface area contributed by atoms with E-state index in [-0.39, 0.29) is 16.1 Å². The molecule has 0 spiro atoms. The van der Waals surface area contributed by atoms with Crippen molar-refractivity contribution < 1.29 is 18.3 Å². The summed E-state index contributed by atoms with van der Waals surface area (Å²) in [5, 5.41) is 10.5. The van der Waals surface area contributed by atoms with Gasteiger partial charge in [-0.3, -0.25) is 0 Å². The van der Waals surface area contributed by atoms with Gasteiger partial charge >= 0.3 is 0 Å². The van der Waals surface area contributed by atoms with E-state index in [2.05, 4.69) is 0 Å². The number of halogens is 4. The highest BCUT2D eigenvalue weighted by Crippen LogP contribution is 2.34. The molecule has 0 saturated carbocycles. The van der Waals surface area contributed by atoms with Gasteiger partial charge in [0, 0.05) is 16.7 Å². The average Bonchev–Trinajstić information content (AvgIpc) is 2.31. The Morgan fingerprint density at radius 2 is 1.53 bits per heavy atom. The van der Waals surface area contributed by atoms with Crippen molar-refractivity contribution in [2.45, 2.75) is 12.5 Å². The first-order valence-electron chi connectivity index (χ1n) is 5.45. The van der Waals surface area contributed by atoms with Gasteiger partial charge in [0.15, 0.2) is 0 Å². The van der Waals surface area contributed by atoms with Gasteiger partial charge in [0.1, 0.15) is 23.1 Å². The molecule has 5 heteroatoms. The molecule has 1 unspecified atom stereocenters. The van der Waals surface area contributed by atoms with Crippen LogP contribution >= 0.6 is 11.6 Å². The van der Waals surface area contributed by atoms with Gasteiger partial charge < -0.3 is 5.11 Å². The van der Waals surface area contributed by atoms with Gasteiger partial charge in [-0.15, -0.1) is 0 Å². The van der Waals surface area contributed by atoms with E-state index in [1.54, 1.807) is 0 Å². The van der Waals surface area contributed by atoms with Crippen molar-refractivity contribution in [3.05, 3.63) is 70.0 Å². The van der Waals surface area contributed by atoms with Crippen LogP contribution in [-0.4, -0.2) is 5.11 Å². The summed E-state index contributed by atoms with van der Waals surface area (Å²) in [5.74, 6) is -2.26. The zero-order valence-corrected chi connectivity index (χ0v) is 10.7. The lowest BCUT2D eigenvalue weighted by Gasteiger charge is -2.25. The lowest BCUT2D eigenvalue weighted by molar-refractivity contribution is 0.101. The molecule has 0 aliphatic rings. The highest BCUT2D eigenvalue weighted by Gasteiger charge is 2.29. The summed E-state index contributed by atoms with van der Waals surface area (Å²) in [4.78, 5) is 0. The first kappa shape index (κ1) is 13.9. The molecule has 0 aliphatic carbocycles. The predicted molar refractivity (Wildman–Crippen MR) is 66.4 cm³/mol. The van der Waals surface area contributed by atoms with Crippen molar-refractivity contribution in [3.8, 4) is 0 Å². The zero-order valence-electron chi connectivity index (χ0n) is 9.92. The minimum atomic E-state index is -1.80. The predicted octanol–water partition coefficient (Wildman–Crippen LogP) is 4.01. The largest absolute Gasteiger partial charge is 0.381 e. The highest BCUT2D eigenvalue weighted by molar-refractivity contribution is 6.31. The Bertz CT molecular complexity index is 606. The van der Waals surface area contributed by atoms with Crippen LogP contribution in [0, 0.1) is 17.5 Å². The molecule has 0 aromatic heterocycles. The SMILES string of the molecule is CC(O)(c1cc(F)cc(F)c1)c1cc(F)ccc1Cl. The molecule has 2 rings (SSSR count). The van der Waals surface area contributed by atoms with Gasteiger partial charge in [0.2, 0.25) is 0 Å². The van der Waals surface area contributed by atoms with Gasteiger partial charge in [-0.2, -0.15) is 0 Å². The van der Waals surface area contributed by atoms with Crippen LogP contribution in [0.4, 0.5) is 13.2 Å². The third-order valence-electron chi connectivity index (χ3n) is 2.88. The molecule has 1 N–H and O–H groups in total. The summed E-state index contributed by atoms with van der Waals surface area (Å²) in [6, 6.07) is 6.08. The zero-order chi connectivity index (χ0) is 14.2. The minimum absolute atomic E-state index is 0.0409. The van der Waals surface area contributed by atoms with E-state index in [0.717, 1.165) is 24.3 Å². The molecule has 0 aliphatic heterocycles. The first-order chi connectivity index (χ1) is 8.80. The fourth-order valence-corrected chi connectivity index (χ4v) is 2.16. The van der Waals surface area contributed by atoms with E-state index in [9.17, 15) is 18.3 Å². The minimum Gasteiger partial charge on any atom is -0.381 e. The first-order valence-corrected chi connectivity index (χ1v) is 5.83. The van der Waals surface area contributed by atoms with Crippen LogP contribution in [-0.2, 0) is 5.60 Å². The monoisotopic (exact) mass is 286 g/mol. The molecule has 0 saturated heterocycles. The molecular weight excluding hydrogens is 277 g/mol. The third kappa shape index (κ3) is 2.74. The van der Waals surface area contributed by atoms with Gasteiger partial charge in [-0.25, -0.2) is 13.2 Å². The molecule has 2 aromatic rings. The molecule has 0 heterocycles. The second kappa shape index (κ2) is 4.87. The fraction of sp³-hybridized carbons (Fsp3) is 0.143. The van der Waals surface area contributed by atoms with Crippen LogP contribution in [0.25, 0.3) is 0 Å². The molecule has 0 radical (unpaired) electrons.